The van der Waals surface area contributed by atoms with Gasteiger partial charge in [-0.2, -0.15) is 0 Å². The van der Waals surface area contributed by atoms with Crippen LogP contribution in [0.2, 0.25) is 0 Å². The Morgan fingerprint density at radius 2 is 0.927 bits per heavy atom. The average Bonchev–Trinajstić information content (AvgIpc) is 3.64. The van der Waals surface area contributed by atoms with Gasteiger partial charge in [-0.25, -0.2) is 9.97 Å². The molecule has 3 heteroatoms. The minimum absolute atomic E-state index is 0.708. The third-order valence-electron chi connectivity index (χ3n) is 10.9. The summed E-state index contributed by atoms with van der Waals surface area (Å²) in [4.78, 5) is 10.4. The minimum Gasteiger partial charge on any atom is -0.228 e. The molecular weight excluding hydrogens is 685 g/mol. The number of nitrogens with zero attached hydrogens (tertiary/aromatic N) is 2. The average molecular weight is 717 g/mol. The van der Waals surface area contributed by atoms with E-state index in [4.69, 9.17) is 9.97 Å². The van der Waals surface area contributed by atoms with E-state index in [1.165, 1.54) is 69.2 Å². The van der Waals surface area contributed by atoms with Crippen molar-refractivity contribution in [1.29, 1.82) is 0 Å². The van der Waals surface area contributed by atoms with E-state index >= 15 is 0 Å². The number of benzene rings is 9. The van der Waals surface area contributed by atoms with Crippen LogP contribution in [0, 0.1) is 0 Å². The van der Waals surface area contributed by atoms with E-state index in [0.29, 0.717) is 5.82 Å². The summed E-state index contributed by atoms with van der Waals surface area (Å²) in [6.07, 6.45) is 0. The largest absolute Gasteiger partial charge is 0.228 e. The number of hydrogen-bond acceptors (Lipinski definition) is 3. The SMILES string of the molecule is c1ccc(-c2nc(-c3ccc(-c4ccc5sc6ccccc6c5c4)cc3)cc(-c3cccc(-c4c5ccccc5cc5c4ccc4ccccc45)c3)n2)cc1. The van der Waals surface area contributed by atoms with E-state index in [0.717, 1.165) is 33.6 Å². The molecule has 0 atom stereocenters. The van der Waals surface area contributed by atoms with Crippen LogP contribution in [-0.4, -0.2) is 9.97 Å². The first-order chi connectivity index (χ1) is 27.2. The summed E-state index contributed by atoms with van der Waals surface area (Å²) >= 11 is 1.85. The zero-order valence-corrected chi connectivity index (χ0v) is 30.6. The van der Waals surface area contributed by atoms with E-state index in [1.54, 1.807) is 0 Å². The Morgan fingerprint density at radius 1 is 0.291 bits per heavy atom. The summed E-state index contributed by atoms with van der Waals surface area (Å²) < 4.78 is 2.64. The molecule has 0 radical (unpaired) electrons. The van der Waals surface area contributed by atoms with E-state index in [2.05, 4.69) is 176 Å². The van der Waals surface area contributed by atoms with Crippen molar-refractivity contribution in [2.45, 2.75) is 0 Å². The molecule has 0 unspecified atom stereocenters. The summed E-state index contributed by atoms with van der Waals surface area (Å²) in [5.74, 6) is 0.708. The van der Waals surface area contributed by atoms with Crippen molar-refractivity contribution in [3.8, 4) is 56.2 Å². The fraction of sp³-hybridized carbons (Fsp3) is 0. The Kier molecular flexibility index (Phi) is 7.39. The van der Waals surface area contributed by atoms with E-state index < -0.39 is 0 Å². The second-order valence-corrected chi connectivity index (χ2v) is 15.2. The number of aromatic nitrogens is 2. The van der Waals surface area contributed by atoms with Crippen molar-refractivity contribution in [3.05, 3.63) is 194 Å². The van der Waals surface area contributed by atoms with E-state index in [9.17, 15) is 0 Å². The van der Waals surface area contributed by atoms with Crippen LogP contribution in [0.25, 0.3) is 109 Å². The van der Waals surface area contributed by atoms with Gasteiger partial charge in [-0.05, 0) is 91.0 Å². The Labute approximate surface area is 322 Å². The Bertz CT molecular complexity index is 3250. The smallest absolute Gasteiger partial charge is 0.160 e. The van der Waals surface area contributed by atoms with Crippen LogP contribution in [-0.2, 0) is 0 Å². The lowest BCUT2D eigenvalue weighted by Gasteiger charge is -2.15. The van der Waals surface area contributed by atoms with Crippen molar-refractivity contribution < 1.29 is 0 Å². The third kappa shape index (κ3) is 5.48. The summed E-state index contributed by atoms with van der Waals surface area (Å²) in [7, 11) is 0. The molecule has 11 rings (SSSR count). The van der Waals surface area contributed by atoms with Gasteiger partial charge in [0.25, 0.3) is 0 Å². The van der Waals surface area contributed by atoms with Crippen molar-refractivity contribution in [1.82, 2.24) is 9.97 Å². The van der Waals surface area contributed by atoms with Gasteiger partial charge in [0, 0.05) is 36.9 Å². The topological polar surface area (TPSA) is 25.8 Å². The molecule has 0 bridgehead atoms. The zero-order chi connectivity index (χ0) is 36.3. The van der Waals surface area contributed by atoms with Crippen LogP contribution < -0.4 is 0 Å². The molecule has 0 spiro atoms. The molecule has 2 heterocycles. The normalized spacial score (nSPS) is 11.6. The summed E-state index contributed by atoms with van der Waals surface area (Å²) in [6, 6.07) is 69.8. The lowest BCUT2D eigenvalue weighted by molar-refractivity contribution is 1.18. The lowest BCUT2D eigenvalue weighted by atomic mass is 9.89. The Balaban J connectivity index is 1.04. The first-order valence-corrected chi connectivity index (χ1v) is 19.5. The molecule has 256 valence electrons. The highest BCUT2D eigenvalue weighted by molar-refractivity contribution is 7.25. The Morgan fingerprint density at radius 3 is 1.78 bits per heavy atom. The van der Waals surface area contributed by atoms with Crippen LogP contribution in [0.15, 0.2) is 194 Å². The predicted octanol–water partition coefficient (Wildman–Crippen LogP) is 14.6. The van der Waals surface area contributed by atoms with E-state index in [-0.39, 0.29) is 0 Å². The van der Waals surface area contributed by atoms with Gasteiger partial charge in [-0.3, -0.25) is 0 Å². The van der Waals surface area contributed by atoms with Crippen molar-refractivity contribution >= 4 is 63.8 Å². The Hall–Kier alpha value is -6.94. The molecule has 0 aliphatic rings. The summed E-state index contributed by atoms with van der Waals surface area (Å²) in [6.45, 7) is 0. The van der Waals surface area contributed by atoms with Crippen LogP contribution in [0.4, 0.5) is 0 Å². The quantitative estimate of drug-likeness (QED) is 0.131. The molecule has 0 saturated carbocycles. The van der Waals surface area contributed by atoms with Gasteiger partial charge in [0.1, 0.15) is 0 Å². The van der Waals surface area contributed by atoms with Gasteiger partial charge in [-0.1, -0.05) is 158 Å². The molecule has 55 heavy (non-hydrogen) atoms. The molecule has 11 aromatic rings. The maximum Gasteiger partial charge on any atom is 0.160 e. The second-order valence-electron chi connectivity index (χ2n) is 14.1. The number of thiophene rings is 1. The standard InChI is InChI=1S/C52H32N2S/c1-2-12-36(13-3-1)52-53-47(35-23-21-33(22-24-35)37-26-28-50-46(30-37)43-19-8-9-20-49(43)55-50)32-48(54-52)39-15-10-16-40(29-39)51-42-18-7-5-14-38(42)31-45-41-17-6-4-11-34(41)25-27-44(45)51/h1-32H. The molecule has 9 aromatic carbocycles. The van der Waals surface area contributed by atoms with Gasteiger partial charge in [0.2, 0.25) is 0 Å². The van der Waals surface area contributed by atoms with Crippen LogP contribution in [0.3, 0.4) is 0 Å². The third-order valence-corrected chi connectivity index (χ3v) is 12.0. The first-order valence-electron chi connectivity index (χ1n) is 18.6. The van der Waals surface area contributed by atoms with Gasteiger partial charge in [0.05, 0.1) is 11.4 Å². The molecule has 0 fully saturated rings. The van der Waals surface area contributed by atoms with Crippen molar-refractivity contribution in [2.24, 2.45) is 0 Å². The molecule has 0 aliphatic heterocycles. The molecule has 0 saturated heterocycles. The van der Waals surface area contributed by atoms with Gasteiger partial charge < -0.3 is 0 Å². The van der Waals surface area contributed by atoms with Crippen LogP contribution in [0.1, 0.15) is 0 Å². The summed E-state index contributed by atoms with van der Waals surface area (Å²) in [5.41, 5.74) is 9.66. The van der Waals surface area contributed by atoms with Crippen LogP contribution >= 0.6 is 11.3 Å². The van der Waals surface area contributed by atoms with Gasteiger partial charge in [0.15, 0.2) is 5.82 Å². The lowest BCUT2D eigenvalue weighted by Crippen LogP contribution is -1.96. The maximum atomic E-state index is 5.20. The van der Waals surface area contributed by atoms with Gasteiger partial charge in [-0.15, -0.1) is 11.3 Å². The maximum absolute atomic E-state index is 5.20. The summed E-state index contributed by atoms with van der Waals surface area (Å²) in [5, 5.41) is 10.1. The molecule has 2 aromatic heterocycles. The molecule has 2 nitrogen and oxygen atoms in total. The fourth-order valence-electron chi connectivity index (χ4n) is 8.16. The highest BCUT2D eigenvalue weighted by Crippen LogP contribution is 2.41. The van der Waals surface area contributed by atoms with Crippen LogP contribution in [0.5, 0.6) is 0 Å². The second kappa shape index (κ2) is 12.9. The highest BCUT2D eigenvalue weighted by Gasteiger charge is 2.16. The zero-order valence-electron chi connectivity index (χ0n) is 29.8. The minimum atomic E-state index is 0.708. The number of fused-ring (bicyclic) bond motifs is 7. The highest BCUT2D eigenvalue weighted by atomic mass is 32.1. The van der Waals surface area contributed by atoms with E-state index in [1.807, 2.05) is 29.5 Å². The molecular formula is C52H32N2S. The van der Waals surface area contributed by atoms with Gasteiger partial charge >= 0.3 is 0 Å². The molecule has 0 amide bonds. The number of rotatable bonds is 5. The van der Waals surface area contributed by atoms with Crippen molar-refractivity contribution in [3.63, 3.8) is 0 Å². The number of hydrogen-bond donors (Lipinski definition) is 0. The molecule has 0 N–H and O–H groups in total. The first kappa shape index (κ1) is 31.6. The van der Waals surface area contributed by atoms with Crippen molar-refractivity contribution in [2.75, 3.05) is 0 Å². The monoisotopic (exact) mass is 716 g/mol. The fourth-order valence-corrected chi connectivity index (χ4v) is 9.25. The predicted molar refractivity (Wildman–Crippen MR) is 235 cm³/mol. The molecule has 0 aliphatic carbocycles.